The van der Waals surface area contributed by atoms with Crippen LogP contribution in [0.15, 0.2) is 11.3 Å². The summed E-state index contributed by atoms with van der Waals surface area (Å²) in [5.41, 5.74) is -0.145. The minimum atomic E-state index is -0.654. The summed E-state index contributed by atoms with van der Waals surface area (Å²) in [5, 5.41) is 9.58. The highest BCUT2D eigenvalue weighted by molar-refractivity contribution is 6.19. The summed E-state index contributed by atoms with van der Waals surface area (Å²) < 4.78 is 5.26. The third-order valence-corrected chi connectivity index (χ3v) is 3.92. The normalized spacial score (nSPS) is 21.3. The van der Waals surface area contributed by atoms with Crippen molar-refractivity contribution in [3.8, 4) is 0 Å². The first-order valence-electron chi connectivity index (χ1n) is 8.26. The van der Waals surface area contributed by atoms with Gasteiger partial charge in [0.15, 0.2) is 5.78 Å². The van der Waals surface area contributed by atoms with Crippen LogP contribution in [0.3, 0.4) is 0 Å². The van der Waals surface area contributed by atoms with E-state index in [9.17, 15) is 14.7 Å². The van der Waals surface area contributed by atoms with E-state index < -0.39 is 5.97 Å². The van der Waals surface area contributed by atoms with Gasteiger partial charge >= 0.3 is 5.97 Å². The maximum absolute atomic E-state index is 11.9. The quantitative estimate of drug-likeness (QED) is 0.227. The number of rotatable bonds is 9. The molecule has 0 spiro atoms. The summed E-state index contributed by atoms with van der Waals surface area (Å²) in [6.07, 6.45) is 9.32. The fourth-order valence-electron chi connectivity index (χ4n) is 2.62. The minimum Gasteiger partial charge on any atom is -0.511 e. The second-order valence-corrected chi connectivity index (χ2v) is 5.74. The number of unbranched alkanes of at least 4 members (excludes halogenated alkanes) is 6. The molecule has 1 fully saturated rings. The van der Waals surface area contributed by atoms with Crippen LogP contribution in [-0.2, 0) is 14.3 Å². The van der Waals surface area contributed by atoms with E-state index in [2.05, 4.69) is 6.92 Å². The number of carbonyl (C=O) groups excluding carboxylic acids is 2. The van der Waals surface area contributed by atoms with Gasteiger partial charge in [-0.1, -0.05) is 52.4 Å². The van der Waals surface area contributed by atoms with Gasteiger partial charge in [0, 0.05) is 12.8 Å². The standard InChI is InChI=1S/C17H28O4/c1-3-5-6-7-8-9-10-11-13-12-15(19)16(14(18)4-2)17(20)21-13/h13,18H,3-12H2,1-2H3/b16-14+. The average molecular weight is 296 g/mol. The Balaban J connectivity index is 2.28. The number of cyclic esters (lactones) is 1. The number of ether oxygens (including phenoxy) is 1. The van der Waals surface area contributed by atoms with Gasteiger partial charge in [-0.2, -0.15) is 0 Å². The summed E-state index contributed by atoms with van der Waals surface area (Å²) in [7, 11) is 0. The molecule has 0 bridgehead atoms. The van der Waals surface area contributed by atoms with Crippen LogP contribution < -0.4 is 0 Å². The lowest BCUT2D eigenvalue weighted by Crippen LogP contribution is -2.33. The number of esters is 1. The molecule has 1 N–H and O–H groups in total. The maximum atomic E-state index is 11.9. The van der Waals surface area contributed by atoms with E-state index in [1.165, 1.54) is 32.1 Å². The second kappa shape index (κ2) is 9.59. The monoisotopic (exact) mass is 296 g/mol. The molecule has 0 saturated carbocycles. The zero-order chi connectivity index (χ0) is 15.7. The molecule has 1 atom stereocenters. The van der Waals surface area contributed by atoms with E-state index in [1.807, 2.05) is 0 Å². The molecule has 1 heterocycles. The Bertz CT molecular complexity index is 364. The van der Waals surface area contributed by atoms with E-state index in [-0.39, 0.29) is 36.1 Å². The third kappa shape index (κ3) is 5.90. The molecular weight excluding hydrogens is 268 g/mol. The molecule has 0 radical (unpaired) electrons. The summed E-state index contributed by atoms with van der Waals surface area (Å²) in [6.45, 7) is 3.90. The van der Waals surface area contributed by atoms with Crippen LogP contribution in [0.5, 0.6) is 0 Å². The topological polar surface area (TPSA) is 63.6 Å². The van der Waals surface area contributed by atoms with E-state index in [4.69, 9.17) is 4.74 Å². The van der Waals surface area contributed by atoms with Gasteiger partial charge in [-0.05, 0) is 12.8 Å². The Morgan fingerprint density at radius 1 is 1.10 bits per heavy atom. The van der Waals surface area contributed by atoms with Crippen molar-refractivity contribution in [1.82, 2.24) is 0 Å². The fraction of sp³-hybridized carbons (Fsp3) is 0.765. The number of ketones is 1. The molecule has 0 aromatic carbocycles. The Hall–Kier alpha value is -1.32. The van der Waals surface area contributed by atoms with Crippen molar-refractivity contribution in [1.29, 1.82) is 0 Å². The molecule has 1 saturated heterocycles. The highest BCUT2D eigenvalue weighted by Crippen LogP contribution is 2.23. The molecular formula is C17H28O4. The summed E-state index contributed by atoms with van der Waals surface area (Å²) >= 11 is 0. The van der Waals surface area contributed by atoms with Crippen LogP contribution in [0.1, 0.15) is 78.1 Å². The van der Waals surface area contributed by atoms with Crippen molar-refractivity contribution in [2.75, 3.05) is 0 Å². The number of hydrogen-bond acceptors (Lipinski definition) is 4. The van der Waals surface area contributed by atoms with Gasteiger partial charge in [-0.15, -0.1) is 0 Å². The molecule has 4 nitrogen and oxygen atoms in total. The Labute approximate surface area is 127 Å². The summed E-state index contributed by atoms with van der Waals surface area (Å²) in [5.74, 6) is -1.09. The number of aliphatic hydroxyl groups excluding tert-OH is 1. The number of allylic oxidation sites excluding steroid dienone is 1. The van der Waals surface area contributed by atoms with Crippen LogP contribution in [0, 0.1) is 0 Å². The lowest BCUT2D eigenvalue weighted by Gasteiger charge is -2.23. The van der Waals surface area contributed by atoms with Crippen LogP contribution in [0.4, 0.5) is 0 Å². The maximum Gasteiger partial charge on any atom is 0.345 e. The number of carbonyl (C=O) groups is 2. The van der Waals surface area contributed by atoms with Gasteiger partial charge in [0.2, 0.25) is 0 Å². The Morgan fingerprint density at radius 3 is 2.29 bits per heavy atom. The fourth-order valence-corrected chi connectivity index (χ4v) is 2.62. The molecule has 1 rings (SSSR count). The van der Waals surface area contributed by atoms with Gasteiger partial charge in [0.1, 0.15) is 17.4 Å². The zero-order valence-corrected chi connectivity index (χ0v) is 13.3. The van der Waals surface area contributed by atoms with Gasteiger partial charge in [0.25, 0.3) is 0 Å². The lowest BCUT2D eigenvalue weighted by molar-refractivity contribution is -0.151. The zero-order valence-electron chi connectivity index (χ0n) is 13.3. The highest BCUT2D eigenvalue weighted by atomic mass is 16.5. The minimum absolute atomic E-state index is 0.145. The first-order chi connectivity index (χ1) is 10.1. The van der Waals surface area contributed by atoms with Crippen molar-refractivity contribution >= 4 is 11.8 Å². The molecule has 4 heteroatoms. The van der Waals surface area contributed by atoms with Crippen LogP contribution in [-0.4, -0.2) is 23.0 Å². The Kier molecular flexibility index (Phi) is 8.09. The first-order valence-corrected chi connectivity index (χ1v) is 8.26. The van der Waals surface area contributed by atoms with Crippen LogP contribution in [0.2, 0.25) is 0 Å². The summed E-state index contributed by atoms with van der Waals surface area (Å²) in [4.78, 5) is 23.7. The summed E-state index contributed by atoms with van der Waals surface area (Å²) in [6, 6.07) is 0. The molecule has 0 aliphatic carbocycles. The third-order valence-electron chi connectivity index (χ3n) is 3.92. The lowest BCUT2D eigenvalue weighted by atomic mass is 9.96. The average Bonchev–Trinajstić information content (AvgIpc) is 2.45. The van der Waals surface area contributed by atoms with Crippen molar-refractivity contribution in [3.05, 3.63) is 11.3 Å². The smallest absolute Gasteiger partial charge is 0.345 e. The van der Waals surface area contributed by atoms with E-state index >= 15 is 0 Å². The number of hydrogen-bond donors (Lipinski definition) is 1. The molecule has 0 aromatic heterocycles. The number of aliphatic hydroxyl groups is 1. The number of Topliss-reactive ketones (excluding diaryl/α,β-unsaturated/α-hetero) is 1. The predicted molar refractivity (Wildman–Crippen MR) is 82.1 cm³/mol. The highest BCUT2D eigenvalue weighted by Gasteiger charge is 2.33. The first kappa shape index (κ1) is 17.7. The van der Waals surface area contributed by atoms with Gasteiger partial charge in [0.05, 0.1) is 0 Å². The van der Waals surface area contributed by atoms with Crippen LogP contribution >= 0.6 is 0 Å². The van der Waals surface area contributed by atoms with E-state index in [0.717, 1.165) is 19.3 Å². The van der Waals surface area contributed by atoms with E-state index in [1.54, 1.807) is 6.92 Å². The SMILES string of the molecule is CCCCCCCCCC1CC(=O)/C(=C(\O)CC)C(=O)O1. The molecule has 0 aromatic rings. The molecule has 0 amide bonds. The largest absolute Gasteiger partial charge is 0.511 e. The molecule has 120 valence electrons. The van der Waals surface area contributed by atoms with E-state index in [0.29, 0.717) is 0 Å². The van der Waals surface area contributed by atoms with Gasteiger partial charge in [-0.25, -0.2) is 4.79 Å². The van der Waals surface area contributed by atoms with Crippen molar-refractivity contribution < 1.29 is 19.4 Å². The van der Waals surface area contributed by atoms with Gasteiger partial charge in [-0.3, -0.25) is 4.79 Å². The molecule has 1 unspecified atom stereocenters. The predicted octanol–water partition coefficient (Wildman–Crippen LogP) is 4.23. The van der Waals surface area contributed by atoms with Crippen molar-refractivity contribution in [3.63, 3.8) is 0 Å². The van der Waals surface area contributed by atoms with Crippen LogP contribution in [0.25, 0.3) is 0 Å². The molecule has 21 heavy (non-hydrogen) atoms. The van der Waals surface area contributed by atoms with Gasteiger partial charge < -0.3 is 9.84 Å². The van der Waals surface area contributed by atoms with Crippen molar-refractivity contribution in [2.24, 2.45) is 0 Å². The second-order valence-electron chi connectivity index (χ2n) is 5.74. The Morgan fingerprint density at radius 2 is 1.71 bits per heavy atom. The molecule has 1 aliphatic heterocycles. The molecule has 1 aliphatic rings. The van der Waals surface area contributed by atoms with Crippen molar-refractivity contribution in [2.45, 2.75) is 84.2 Å².